The van der Waals surface area contributed by atoms with E-state index in [0.717, 1.165) is 23.2 Å². The zero-order valence-corrected chi connectivity index (χ0v) is 14.7. The number of carbonyl (C=O) groups is 2. The molecule has 132 valence electrons. The summed E-state index contributed by atoms with van der Waals surface area (Å²) in [5, 5.41) is 5.74. The average Bonchev–Trinajstić information content (AvgIpc) is 2.96. The van der Waals surface area contributed by atoms with E-state index in [1.54, 1.807) is 0 Å². The topological polar surface area (TPSA) is 61.4 Å². The maximum Gasteiger partial charge on any atom is 0.319 e. The van der Waals surface area contributed by atoms with Gasteiger partial charge in [-0.1, -0.05) is 54.6 Å². The molecule has 2 heterocycles. The van der Waals surface area contributed by atoms with Gasteiger partial charge in [0.05, 0.1) is 23.9 Å². The molecule has 0 saturated carbocycles. The van der Waals surface area contributed by atoms with E-state index in [1.807, 2.05) is 54.3 Å². The molecule has 0 unspecified atom stereocenters. The normalized spacial score (nSPS) is 19.3. The molecular weight excluding hydrogens is 326 g/mol. The van der Waals surface area contributed by atoms with Crippen LogP contribution in [0.1, 0.15) is 22.7 Å². The molecule has 0 spiro atoms. The van der Waals surface area contributed by atoms with Gasteiger partial charge in [0.25, 0.3) is 5.91 Å². The highest BCUT2D eigenvalue weighted by Gasteiger charge is 2.40. The second-order valence-electron chi connectivity index (χ2n) is 6.74. The molecule has 0 fully saturated rings. The minimum Gasteiger partial charge on any atom is -0.333 e. The van der Waals surface area contributed by atoms with E-state index in [2.05, 4.69) is 22.8 Å². The van der Waals surface area contributed by atoms with Crippen molar-refractivity contribution in [2.45, 2.75) is 19.4 Å². The van der Waals surface area contributed by atoms with Crippen LogP contribution in [0.5, 0.6) is 0 Å². The first-order valence-corrected chi connectivity index (χ1v) is 8.83. The van der Waals surface area contributed by atoms with Crippen molar-refractivity contribution >= 4 is 11.9 Å². The summed E-state index contributed by atoms with van der Waals surface area (Å²) in [5.74, 6) is -0.00307. The number of benzene rings is 2. The number of carbonyl (C=O) groups excluding carboxylic acids is 2. The molecule has 5 heteroatoms. The first-order valence-electron chi connectivity index (χ1n) is 8.83. The van der Waals surface area contributed by atoms with E-state index in [-0.39, 0.29) is 11.9 Å². The van der Waals surface area contributed by atoms with E-state index in [0.29, 0.717) is 18.7 Å². The van der Waals surface area contributed by atoms with Gasteiger partial charge in [0.1, 0.15) is 0 Å². The van der Waals surface area contributed by atoms with Crippen molar-refractivity contribution in [1.29, 1.82) is 0 Å². The largest absolute Gasteiger partial charge is 0.333 e. The highest BCUT2D eigenvalue weighted by Crippen LogP contribution is 2.33. The molecule has 5 nitrogen and oxygen atoms in total. The van der Waals surface area contributed by atoms with Crippen LogP contribution in [0.4, 0.5) is 4.79 Å². The molecule has 4 rings (SSSR count). The number of hydrogen-bond donors (Lipinski definition) is 2. The summed E-state index contributed by atoms with van der Waals surface area (Å²) >= 11 is 0. The lowest BCUT2D eigenvalue weighted by Gasteiger charge is -2.26. The predicted molar refractivity (Wildman–Crippen MR) is 99.3 cm³/mol. The Labute approximate surface area is 152 Å². The van der Waals surface area contributed by atoms with Gasteiger partial charge in [-0.25, -0.2) is 4.79 Å². The van der Waals surface area contributed by atoms with E-state index >= 15 is 0 Å². The Morgan fingerprint density at radius 2 is 1.77 bits per heavy atom. The fraction of sp³-hybridized carbons (Fsp3) is 0.238. The first-order chi connectivity index (χ1) is 12.6. The standard InChI is InChI=1S/C21H21N3O2/c1-14-7-5-6-10-16(14)19-18-17(22-21(26)23-19)13-24(20(18)25)12-11-15-8-3-2-4-9-15/h2-10,19H,11-13H2,1H3,(H2,22,23,26)/t19-/m1/s1. The fourth-order valence-electron chi connectivity index (χ4n) is 3.66. The fourth-order valence-corrected chi connectivity index (χ4v) is 3.66. The number of amides is 3. The van der Waals surface area contributed by atoms with Crippen molar-refractivity contribution in [3.8, 4) is 0 Å². The van der Waals surface area contributed by atoms with Gasteiger partial charge in [0.2, 0.25) is 0 Å². The van der Waals surface area contributed by atoms with Crippen LogP contribution in [0.15, 0.2) is 65.9 Å². The van der Waals surface area contributed by atoms with Crippen molar-refractivity contribution in [2.75, 3.05) is 13.1 Å². The molecular formula is C21H21N3O2. The lowest BCUT2D eigenvalue weighted by molar-refractivity contribution is -0.125. The molecule has 26 heavy (non-hydrogen) atoms. The predicted octanol–water partition coefficient (Wildman–Crippen LogP) is 2.69. The Kier molecular flexibility index (Phi) is 4.21. The minimum absolute atomic E-state index is 0.00307. The van der Waals surface area contributed by atoms with E-state index in [1.165, 1.54) is 5.56 Å². The summed E-state index contributed by atoms with van der Waals surface area (Å²) in [4.78, 5) is 27.0. The van der Waals surface area contributed by atoms with Crippen molar-refractivity contribution in [3.05, 3.63) is 82.6 Å². The summed E-state index contributed by atoms with van der Waals surface area (Å²) in [6.07, 6.45) is 0.795. The van der Waals surface area contributed by atoms with Gasteiger partial charge in [-0.2, -0.15) is 0 Å². The van der Waals surface area contributed by atoms with Crippen molar-refractivity contribution in [3.63, 3.8) is 0 Å². The van der Waals surface area contributed by atoms with Crippen LogP contribution in [0.3, 0.4) is 0 Å². The molecule has 2 aromatic carbocycles. The molecule has 2 aliphatic heterocycles. The van der Waals surface area contributed by atoms with Gasteiger partial charge in [-0.15, -0.1) is 0 Å². The monoisotopic (exact) mass is 347 g/mol. The van der Waals surface area contributed by atoms with Crippen LogP contribution in [0, 0.1) is 6.92 Å². The average molecular weight is 347 g/mol. The van der Waals surface area contributed by atoms with E-state index in [9.17, 15) is 9.59 Å². The molecule has 0 aromatic heterocycles. The molecule has 0 bridgehead atoms. The summed E-state index contributed by atoms with van der Waals surface area (Å²) in [7, 11) is 0. The summed E-state index contributed by atoms with van der Waals surface area (Å²) < 4.78 is 0. The molecule has 2 aliphatic rings. The van der Waals surface area contributed by atoms with Gasteiger partial charge in [0.15, 0.2) is 0 Å². The summed E-state index contributed by atoms with van der Waals surface area (Å²) in [6.45, 7) is 3.08. The molecule has 3 amide bonds. The van der Waals surface area contributed by atoms with Crippen LogP contribution in [-0.4, -0.2) is 29.9 Å². The Balaban J connectivity index is 1.57. The molecule has 0 aliphatic carbocycles. The lowest BCUT2D eigenvalue weighted by Crippen LogP contribution is -2.44. The molecule has 1 atom stereocenters. The number of hydrogen-bond acceptors (Lipinski definition) is 2. The lowest BCUT2D eigenvalue weighted by atomic mass is 9.93. The molecule has 0 radical (unpaired) electrons. The Hall–Kier alpha value is -3.08. The number of rotatable bonds is 4. The van der Waals surface area contributed by atoms with Crippen molar-refractivity contribution in [1.82, 2.24) is 15.5 Å². The van der Waals surface area contributed by atoms with Gasteiger partial charge >= 0.3 is 6.03 Å². The van der Waals surface area contributed by atoms with Crippen LogP contribution in [-0.2, 0) is 11.2 Å². The maximum absolute atomic E-state index is 13.0. The number of nitrogens with zero attached hydrogens (tertiary/aromatic N) is 1. The smallest absolute Gasteiger partial charge is 0.319 e. The highest BCUT2D eigenvalue weighted by molar-refractivity contribution is 6.01. The quantitative estimate of drug-likeness (QED) is 0.893. The van der Waals surface area contributed by atoms with Crippen molar-refractivity contribution < 1.29 is 9.59 Å². The second-order valence-corrected chi connectivity index (χ2v) is 6.74. The number of nitrogens with one attached hydrogen (secondary N) is 2. The van der Waals surface area contributed by atoms with Gasteiger partial charge in [-0.05, 0) is 30.0 Å². The van der Waals surface area contributed by atoms with Gasteiger partial charge in [0, 0.05) is 6.54 Å². The Morgan fingerprint density at radius 3 is 2.54 bits per heavy atom. The SMILES string of the molecule is Cc1ccccc1[C@H]1NC(=O)NC2=C1C(=O)N(CCc1ccccc1)C2. The highest BCUT2D eigenvalue weighted by atomic mass is 16.2. The second kappa shape index (κ2) is 6.67. The third-order valence-electron chi connectivity index (χ3n) is 5.03. The van der Waals surface area contributed by atoms with Crippen LogP contribution in [0.2, 0.25) is 0 Å². The third-order valence-corrected chi connectivity index (χ3v) is 5.03. The minimum atomic E-state index is -0.394. The zero-order chi connectivity index (χ0) is 18.1. The van der Waals surface area contributed by atoms with Gasteiger partial charge < -0.3 is 15.5 Å². The molecule has 0 saturated heterocycles. The Morgan fingerprint density at radius 1 is 1.04 bits per heavy atom. The molecule has 2 aromatic rings. The van der Waals surface area contributed by atoms with Crippen molar-refractivity contribution in [2.24, 2.45) is 0 Å². The van der Waals surface area contributed by atoms with E-state index in [4.69, 9.17) is 0 Å². The van der Waals surface area contributed by atoms with Crippen LogP contribution >= 0.6 is 0 Å². The number of urea groups is 1. The van der Waals surface area contributed by atoms with Gasteiger partial charge in [-0.3, -0.25) is 4.79 Å². The van der Waals surface area contributed by atoms with Crippen LogP contribution < -0.4 is 10.6 Å². The zero-order valence-electron chi connectivity index (χ0n) is 14.7. The van der Waals surface area contributed by atoms with E-state index < -0.39 is 6.04 Å². The molecule has 2 N–H and O–H groups in total. The first kappa shape index (κ1) is 16.4. The number of aryl methyl sites for hydroxylation is 1. The third kappa shape index (κ3) is 2.96. The maximum atomic E-state index is 13.0. The summed E-state index contributed by atoms with van der Waals surface area (Å²) in [5.41, 5.74) is 4.60. The summed E-state index contributed by atoms with van der Waals surface area (Å²) in [6, 6.07) is 17.3. The van der Waals surface area contributed by atoms with Crippen LogP contribution in [0.25, 0.3) is 0 Å². The Bertz CT molecular complexity index is 889.